The Morgan fingerprint density at radius 1 is 0.727 bits per heavy atom. The second-order valence-corrected chi connectivity index (χ2v) is 6.50. The average molecular weight is 288 g/mol. The van der Waals surface area contributed by atoms with Crippen LogP contribution >= 0.6 is 0 Å². The molecule has 2 aromatic heterocycles. The van der Waals surface area contributed by atoms with E-state index in [9.17, 15) is 0 Å². The molecular formula is C20H20N2. The maximum atomic E-state index is 4.56. The van der Waals surface area contributed by atoms with Crippen molar-refractivity contribution in [3.8, 4) is 22.4 Å². The van der Waals surface area contributed by atoms with Crippen LogP contribution in [0.3, 0.4) is 0 Å². The standard InChI is InChI=1S/C20H20N2/c1-20(2,3)18-9-6-15(7-10-18)16-8-11-19(22-14-16)17-5-4-12-21-13-17/h4-14H,1-3H3. The van der Waals surface area contributed by atoms with Crippen LogP contribution in [-0.2, 0) is 5.41 Å². The summed E-state index contributed by atoms with van der Waals surface area (Å²) in [4.78, 5) is 8.69. The van der Waals surface area contributed by atoms with Gasteiger partial charge in [0.2, 0.25) is 0 Å². The Hall–Kier alpha value is -2.48. The first-order valence-electron chi connectivity index (χ1n) is 7.51. The molecule has 22 heavy (non-hydrogen) atoms. The van der Waals surface area contributed by atoms with Crippen molar-refractivity contribution in [2.75, 3.05) is 0 Å². The van der Waals surface area contributed by atoms with Gasteiger partial charge < -0.3 is 0 Å². The summed E-state index contributed by atoms with van der Waals surface area (Å²) in [6, 6.07) is 16.8. The molecule has 3 rings (SSSR count). The summed E-state index contributed by atoms with van der Waals surface area (Å²) in [6.07, 6.45) is 5.53. The quantitative estimate of drug-likeness (QED) is 0.655. The van der Waals surface area contributed by atoms with E-state index in [1.165, 1.54) is 11.1 Å². The zero-order chi connectivity index (χ0) is 15.6. The second kappa shape index (κ2) is 5.72. The first-order valence-corrected chi connectivity index (χ1v) is 7.51. The van der Waals surface area contributed by atoms with Gasteiger partial charge in [-0.25, -0.2) is 0 Å². The lowest BCUT2D eigenvalue weighted by molar-refractivity contribution is 0.590. The molecule has 2 heterocycles. The van der Waals surface area contributed by atoms with Crippen molar-refractivity contribution in [1.82, 2.24) is 9.97 Å². The smallest absolute Gasteiger partial charge is 0.0717 e. The minimum absolute atomic E-state index is 0.181. The summed E-state index contributed by atoms with van der Waals surface area (Å²) in [5.41, 5.74) is 5.84. The molecular weight excluding hydrogens is 268 g/mol. The zero-order valence-corrected chi connectivity index (χ0v) is 13.2. The molecule has 0 saturated heterocycles. The fourth-order valence-electron chi connectivity index (χ4n) is 2.41. The SMILES string of the molecule is CC(C)(C)c1ccc(-c2ccc(-c3cccnc3)nc2)cc1. The Kier molecular flexibility index (Phi) is 3.76. The average Bonchev–Trinajstić information content (AvgIpc) is 2.55. The van der Waals surface area contributed by atoms with E-state index in [0.717, 1.165) is 16.8 Å². The van der Waals surface area contributed by atoms with Crippen molar-refractivity contribution in [2.24, 2.45) is 0 Å². The second-order valence-electron chi connectivity index (χ2n) is 6.50. The molecule has 0 saturated carbocycles. The molecule has 0 aliphatic heterocycles. The molecule has 110 valence electrons. The highest BCUT2D eigenvalue weighted by Gasteiger charge is 2.13. The first kappa shape index (κ1) is 14.5. The minimum Gasteiger partial charge on any atom is -0.264 e. The molecule has 1 aromatic carbocycles. The van der Waals surface area contributed by atoms with Crippen LogP contribution in [0.4, 0.5) is 0 Å². The molecule has 0 N–H and O–H groups in total. The maximum Gasteiger partial charge on any atom is 0.0717 e. The lowest BCUT2D eigenvalue weighted by Gasteiger charge is -2.19. The van der Waals surface area contributed by atoms with Gasteiger partial charge >= 0.3 is 0 Å². The number of hydrogen-bond donors (Lipinski definition) is 0. The van der Waals surface area contributed by atoms with Crippen LogP contribution in [0, 0.1) is 0 Å². The van der Waals surface area contributed by atoms with E-state index in [4.69, 9.17) is 0 Å². The molecule has 0 unspecified atom stereocenters. The molecule has 0 amide bonds. The van der Waals surface area contributed by atoms with Gasteiger partial charge in [-0.15, -0.1) is 0 Å². The molecule has 0 radical (unpaired) electrons. The van der Waals surface area contributed by atoms with Crippen LogP contribution in [0.25, 0.3) is 22.4 Å². The highest BCUT2D eigenvalue weighted by Crippen LogP contribution is 2.26. The minimum atomic E-state index is 0.181. The van der Waals surface area contributed by atoms with E-state index in [-0.39, 0.29) is 5.41 Å². The van der Waals surface area contributed by atoms with Crippen LogP contribution in [0.1, 0.15) is 26.3 Å². The zero-order valence-electron chi connectivity index (χ0n) is 13.2. The largest absolute Gasteiger partial charge is 0.264 e. The van der Waals surface area contributed by atoms with E-state index in [1.54, 1.807) is 6.20 Å². The van der Waals surface area contributed by atoms with E-state index in [1.807, 2.05) is 30.6 Å². The Morgan fingerprint density at radius 2 is 1.45 bits per heavy atom. The number of aromatic nitrogens is 2. The van der Waals surface area contributed by atoms with Gasteiger partial charge in [0.05, 0.1) is 5.69 Å². The highest BCUT2D eigenvalue weighted by atomic mass is 14.7. The maximum absolute atomic E-state index is 4.56. The highest BCUT2D eigenvalue weighted by molar-refractivity contribution is 5.66. The van der Waals surface area contributed by atoms with Crippen molar-refractivity contribution in [1.29, 1.82) is 0 Å². The molecule has 0 aliphatic carbocycles. The van der Waals surface area contributed by atoms with Crippen molar-refractivity contribution in [2.45, 2.75) is 26.2 Å². The molecule has 0 spiro atoms. The number of hydrogen-bond acceptors (Lipinski definition) is 2. The molecule has 3 aromatic rings. The lowest BCUT2D eigenvalue weighted by Crippen LogP contribution is -2.10. The van der Waals surface area contributed by atoms with Crippen LogP contribution < -0.4 is 0 Å². The normalized spacial score (nSPS) is 11.4. The molecule has 0 fully saturated rings. The molecule has 0 bridgehead atoms. The Balaban J connectivity index is 1.87. The Morgan fingerprint density at radius 3 is 2.00 bits per heavy atom. The number of rotatable bonds is 2. The van der Waals surface area contributed by atoms with Gasteiger partial charge in [-0.2, -0.15) is 0 Å². The summed E-state index contributed by atoms with van der Waals surface area (Å²) < 4.78 is 0. The van der Waals surface area contributed by atoms with E-state index in [2.05, 4.69) is 61.1 Å². The van der Waals surface area contributed by atoms with E-state index in [0.29, 0.717) is 0 Å². The van der Waals surface area contributed by atoms with Gasteiger partial charge in [-0.05, 0) is 34.7 Å². The van der Waals surface area contributed by atoms with E-state index >= 15 is 0 Å². The third-order valence-corrected chi connectivity index (χ3v) is 3.81. The first-order chi connectivity index (χ1) is 10.5. The topological polar surface area (TPSA) is 25.8 Å². The number of benzene rings is 1. The molecule has 2 heteroatoms. The summed E-state index contributed by atoms with van der Waals surface area (Å²) in [5, 5.41) is 0. The predicted octanol–water partition coefficient (Wildman–Crippen LogP) is 5.11. The summed E-state index contributed by atoms with van der Waals surface area (Å²) in [7, 11) is 0. The summed E-state index contributed by atoms with van der Waals surface area (Å²) >= 11 is 0. The third kappa shape index (κ3) is 3.06. The monoisotopic (exact) mass is 288 g/mol. The van der Waals surface area contributed by atoms with Crippen LogP contribution in [0.15, 0.2) is 67.1 Å². The third-order valence-electron chi connectivity index (χ3n) is 3.81. The van der Waals surface area contributed by atoms with Gasteiger partial charge in [0, 0.05) is 29.7 Å². The Labute approximate surface area is 131 Å². The van der Waals surface area contributed by atoms with Crippen molar-refractivity contribution < 1.29 is 0 Å². The van der Waals surface area contributed by atoms with Crippen molar-refractivity contribution in [3.63, 3.8) is 0 Å². The van der Waals surface area contributed by atoms with Gasteiger partial charge in [-0.3, -0.25) is 9.97 Å². The van der Waals surface area contributed by atoms with Crippen LogP contribution in [0.2, 0.25) is 0 Å². The number of nitrogens with zero attached hydrogens (tertiary/aromatic N) is 2. The predicted molar refractivity (Wildman–Crippen MR) is 91.6 cm³/mol. The molecule has 0 atom stereocenters. The molecule has 2 nitrogen and oxygen atoms in total. The fourth-order valence-corrected chi connectivity index (χ4v) is 2.41. The van der Waals surface area contributed by atoms with Crippen molar-refractivity contribution >= 4 is 0 Å². The fraction of sp³-hybridized carbons (Fsp3) is 0.200. The van der Waals surface area contributed by atoms with Crippen molar-refractivity contribution in [3.05, 3.63) is 72.7 Å². The molecule has 0 aliphatic rings. The van der Waals surface area contributed by atoms with Gasteiger partial charge in [0.1, 0.15) is 0 Å². The van der Waals surface area contributed by atoms with Gasteiger partial charge in [-0.1, -0.05) is 51.1 Å². The van der Waals surface area contributed by atoms with Crippen LogP contribution in [-0.4, -0.2) is 9.97 Å². The lowest BCUT2D eigenvalue weighted by atomic mass is 9.86. The van der Waals surface area contributed by atoms with Crippen LogP contribution in [0.5, 0.6) is 0 Å². The summed E-state index contributed by atoms with van der Waals surface area (Å²) in [5.74, 6) is 0. The number of pyridine rings is 2. The van der Waals surface area contributed by atoms with E-state index < -0.39 is 0 Å². The summed E-state index contributed by atoms with van der Waals surface area (Å²) in [6.45, 7) is 6.69. The van der Waals surface area contributed by atoms with Gasteiger partial charge in [0.15, 0.2) is 0 Å². The Bertz CT molecular complexity index is 736. The van der Waals surface area contributed by atoms with Gasteiger partial charge in [0.25, 0.3) is 0 Å².